The van der Waals surface area contributed by atoms with Crippen molar-refractivity contribution in [2.75, 3.05) is 39.3 Å². The first-order chi connectivity index (χ1) is 9.90. The number of nitrogens with one attached hydrogen (secondary N) is 2. The van der Waals surface area contributed by atoms with Crippen LogP contribution in [0.15, 0.2) is 10.3 Å². The number of aromatic carboxylic acids is 1. The summed E-state index contributed by atoms with van der Waals surface area (Å²) in [6, 6.07) is 1.40. The van der Waals surface area contributed by atoms with Gasteiger partial charge in [-0.25, -0.2) is 17.9 Å². The Morgan fingerprint density at radius 2 is 2.14 bits per heavy atom. The summed E-state index contributed by atoms with van der Waals surface area (Å²) in [5.74, 6) is -1.10. The molecule has 1 aliphatic rings. The van der Waals surface area contributed by atoms with Crippen LogP contribution < -0.4 is 10.0 Å². The van der Waals surface area contributed by atoms with Crippen LogP contribution in [0.4, 0.5) is 0 Å². The molecule has 0 unspecified atom stereocenters. The largest absolute Gasteiger partial charge is 0.477 e. The fourth-order valence-corrected chi connectivity index (χ4v) is 4.59. The molecule has 0 amide bonds. The average molecular weight is 333 g/mol. The maximum absolute atomic E-state index is 12.1. The van der Waals surface area contributed by atoms with E-state index in [-0.39, 0.29) is 9.09 Å². The Hall–Kier alpha value is -1.00. The van der Waals surface area contributed by atoms with E-state index < -0.39 is 16.0 Å². The lowest BCUT2D eigenvalue weighted by atomic mass is 10.3. The maximum atomic E-state index is 12.1. The molecule has 0 atom stereocenters. The fourth-order valence-electron chi connectivity index (χ4n) is 2.14. The van der Waals surface area contributed by atoms with Crippen LogP contribution >= 0.6 is 11.3 Å². The van der Waals surface area contributed by atoms with Gasteiger partial charge in [0.2, 0.25) is 10.0 Å². The number of rotatable bonds is 6. The SMILES string of the molecule is Cc1cc(S(=O)(=O)NCCN2CCNCC2)sc1C(=O)O. The number of carboxylic acid groups (broad SMARTS) is 1. The molecule has 0 spiro atoms. The Morgan fingerprint density at radius 3 is 2.71 bits per heavy atom. The molecule has 0 radical (unpaired) electrons. The number of hydrogen-bond donors (Lipinski definition) is 3. The van der Waals surface area contributed by atoms with Crippen LogP contribution in [0.2, 0.25) is 0 Å². The van der Waals surface area contributed by atoms with Gasteiger partial charge in [-0.05, 0) is 18.6 Å². The zero-order chi connectivity index (χ0) is 15.5. The van der Waals surface area contributed by atoms with Crippen molar-refractivity contribution in [1.29, 1.82) is 0 Å². The molecular formula is C12H19N3O4S2. The summed E-state index contributed by atoms with van der Waals surface area (Å²) in [5, 5.41) is 12.2. The van der Waals surface area contributed by atoms with Gasteiger partial charge >= 0.3 is 5.97 Å². The second-order valence-electron chi connectivity index (χ2n) is 4.87. The molecule has 2 rings (SSSR count). The van der Waals surface area contributed by atoms with Crippen molar-refractivity contribution in [3.8, 4) is 0 Å². The minimum Gasteiger partial charge on any atom is -0.477 e. The zero-order valence-electron chi connectivity index (χ0n) is 11.8. The molecule has 2 heterocycles. The van der Waals surface area contributed by atoms with Gasteiger partial charge in [0, 0.05) is 39.3 Å². The number of piperazine rings is 1. The third-order valence-electron chi connectivity index (χ3n) is 3.28. The van der Waals surface area contributed by atoms with Crippen molar-refractivity contribution in [3.05, 3.63) is 16.5 Å². The van der Waals surface area contributed by atoms with E-state index in [4.69, 9.17) is 5.11 Å². The quantitative estimate of drug-likeness (QED) is 0.674. The molecule has 1 aromatic heterocycles. The summed E-state index contributed by atoms with van der Waals surface area (Å²) in [4.78, 5) is 13.2. The summed E-state index contributed by atoms with van der Waals surface area (Å²) in [6.07, 6.45) is 0. The molecule has 1 aromatic rings. The number of carbonyl (C=O) groups is 1. The number of hydrogen-bond acceptors (Lipinski definition) is 6. The summed E-state index contributed by atoms with van der Waals surface area (Å²) >= 11 is 0.787. The average Bonchev–Trinajstić information content (AvgIpc) is 2.83. The van der Waals surface area contributed by atoms with Crippen molar-refractivity contribution in [3.63, 3.8) is 0 Å². The number of aryl methyl sites for hydroxylation is 1. The highest BCUT2D eigenvalue weighted by atomic mass is 32.2. The number of nitrogens with zero attached hydrogens (tertiary/aromatic N) is 1. The van der Waals surface area contributed by atoms with Gasteiger partial charge in [0.1, 0.15) is 9.09 Å². The minimum absolute atomic E-state index is 0.0534. The first-order valence-corrected chi connectivity index (χ1v) is 8.96. The lowest BCUT2D eigenvalue weighted by Crippen LogP contribution is -2.46. The van der Waals surface area contributed by atoms with Gasteiger partial charge in [-0.15, -0.1) is 11.3 Å². The molecule has 118 valence electrons. The number of thiophene rings is 1. The van der Waals surface area contributed by atoms with Crippen LogP contribution in [-0.2, 0) is 10.0 Å². The van der Waals surface area contributed by atoms with E-state index in [0.29, 0.717) is 18.7 Å². The Kier molecular flexibility index (Phi) is 5.33. The molecule has 1 saturated heterocycles. The van der Waals surface area contributed by atoms with Gasteiger partial charge in [0.05, 0.1) is 0 Å². The molecule has 3 N–H and O–H groups in total. The Bertz CT molecular complexity index is 606. The summed E-state index contributed by atoms with van der Waals surface area (Å²) in [5.41, 5.74) is 0.468. The molecule has 21 heavy (non-hydrogen) atoms. The molecule has 9 heteroatoms. The third kappa shape index (κ3) is 4.24. The predicted molar refractivity (Wildman–Crippen MR) is 80.5 cm³/mol. The highest BCUT2D eigenvalue weighted by molar-refractivity contribution is 7.91. The van der Waals surface area contributed by atoms with Crippen LogP contribution in [0.25, 0.3) is 0 Å². The summed E-state index contributed by atoms with van der Waals surface area (Å²) in [6.45, 7) is 6.21. The molecular weight excluding hydrogens is 314 g/mol. The highest BCUT2D eigenvalue weighted by Gasteiger charge is 2.21. The van der Waals surface area contributed by atoms with E-state index in [0.717, 1.165) is 37.5 Å². The van der Waals surface area contributed by atoms with E-state index in [9.17, 15) is 13.2 Å². The monoisotopic (exact) mass is 333 g/mol. The van der Waals surface area contributed by atoms with E-state index in [1.807, 2.05) is 0 Å². The van der Waals surface area contributed by atoms with Crippen molar-refractivity contribution in [1.82, 2.24) is 14.9 Å². The Balaban J connectivity index is 1.95. The summed E-state index contributed by atoms with van der Waals surface area (Å²) in [7, 11) is -3.63. The van der Waals surface area contributed by atoms with Crippen molar-refractivity contribution >= 4 is 27.3 Å². The Labute approximate surface area is 128 Å². The minimum atomic E-state index is -3.63. The highest BCUT2D eigenvalue weighted by Crippen LogP contribution is 2.25. The van der Waals surface area contributed by atoms with Gasteiger partial charge in [-0.2, -0.15) is 0 Å². The second kappa shape index (κ2) is 6.84. The molecule has 1 fully saturated rings. The molecule has 0 saturated carbocycles. The molecule has 0 bridgehead atoms. The fraction of sp³-hybridized carbons (Fsp3) is 0.583. The molecule has 1 aliphatic heterocycles. The molecule has 7 nitrogen and oxygen atoms in total. The van der Waals surface area contributed by atoms with Crippen molar-refractivity contribution < 1.29 is 18.3 Å². The smallest absolute Gasteiger partial charge is 0.346 e. The van der Waals surface area contributed by atoms with Gasteiger partial charge in [-0.3, -0.25) is 4.90 Å². The van der Waals surface area contributed by atoms with Crippen LogP contribution in [0.1, 0.15) is 15.2 Å². The lowest BCUT2D eigenvalue weighted by molar-refractivity contribution is 0.0701. The van der Waals surface area contributed by atoms with Gasteiger partial charge in [0.25, 0.3) is 0 Å². The van der Waals surface area contributed by atoms with E-state index in [2.05, 4.69) is 14.9 Å². The molecule has 0 aliphatic carbocycles. The standard InChI is InChI=1S/C12H19N3O4S2/c1-9-8-10(20-11(9)12(16)17)21(18,19)14-4-7-15-5-2-13-3-6-15/h8,13-14H,2-7H2,1H3,(H,16,17). The predicted octanol–water partition coefficient (Wildman–Crippen LogP) is -0.0618. The van der Waals surface area contributed by atoms with E-state index in [1.165, 1.54) is 6.07 Å². The van der Waals surface area contributed by atoms with Crippen LogP contribution in [0.5, 0.6) is 0 Å². The van der Waals surface area contributed by atoms with E-state index >= 15 is 0 Å². The first-order valence-electron chi connectivity index (χ1n) is 6.66. The third-order valence-corrected chi connectivity index (χ3v) is 6.44. The Morgan fingerprint density at radius 1 is 1.48 bits per heavy atom. The maximum Gasteiger partial charge on any atom is 0.346 e. The van der Waals surface area contributed by atoms with Crippen LogP contribution in [0, 0.1) is 6.92 Å². The second-order valence-corrected chi connectivity index (χ2v) is 7.92. The van der Waals surface area contributed by atoms with Gasteiger partial charge < -0.3 is 10.4 Å². The van der Waals surface area contributed by atoms with E-state index in [1.54, 1.807) is 6.92 Å². The van der Waals surface area contributed by atoms with Crippen LogP contribution in [0.3, 0.4) is 0 Å². The van der Waals surface area contributed by atoms with Gasteiger partial charge in [0.15, 0.2) is 0 Å². The summed E-state index contributed by atoms with van der Waals surface area (Å²) < 4.78 is 26.9. The van der Waals surface area contributed by atoms with Crippen molar-refractivity contribution in [2.24, 2.45) is 0 Å². The number of carboxylic acids is 1. The first kappa shape index (κ1) is 16.4. The normalized spacial score (nSPS) is 17.0. The zero-order valence-corrected chi connectivity index (χ0v) is 13.4. The van der Waals surface area contributed by atoms with Crippen LogP contribution in [-0.4, -0.2) is 63.7 Å². The van der Waals surface area contributed by atoms with Crippen molar-refractivity contribution in [2.45, 2.75) is 11.1 Å². The molecule has 0 aromatic carbocycles. The number of sulfonamides is 1. The topological polar surface area (TPSA) is 98.7 Å². The van der Waals surface area contributed by atoms with Gasteiger partial charge in [-0.1, -0.05) is 0 Å². The lowest BCUT2D eigenvalue weighted by Gasteiger charge is -2.26.